The fourth-order valence-corrected chi connectivity index (χ4v) is 4.89. The smallest absolute Gasteiger partial charge is 0.150 e. The minimum absolute atomic E-state index is 0.200. The molecule has 33 heavy (non-hydrogen) atoms. The van der Waals surface area contributed by atoms with Gasteiger partial charge in [0.05, 0.1) is 23.2 Å². The number of aldehydes is 1. The summed E-state index contributed by atoms with van der Waals surface area (Å²) in [6.07, 6.45) is 0.866. The molecule has 0 aliphatic carbocycles. The summed E-state index contributed by atoms with van der Waals surface area (Å²) in [6.45, 7) is 7.72. The van der Waals surface area contributed by atoms with Crippen LogP contribution in [0.15, 0.2) is 42.5 Å². The van der Waals surface area contributed by atoms with Crippen molar-refractivity contribution in [3.8, 4) is 11.4 Å². The summed E-state index contributed by atoms with van der Waals surface area (Å²) < 4.78 is 24.4. The van der Waals surface area contributed by atoms with Gasteiger partial charge in [-0.3, -0.25) is 4.79 Å². The number of methoxy groups -OCH3 is 1. The molecule has 168 valence electrons. The van der Waals surface area contributed by atoms with Crippen LogP contribution in [0.3, 0.4) is 0 Å². The Labute approximate surface area is 191 Å². The molecule has 5 nitrogen and oxygen atoms in total. The first kappa shape index (κ1) is 21.3. The second-order valence-electron chi connectivity index (χ2n) is 8.46. The molecule has 0 spiro atoms. The Hall–Kier alpha value is -3.51. The van der Waals surface area contributed by atoms with Crippen molar-refractivity contribution in [2.45, 2.75) is 33.9 Å². The fourth-order valence-electron chi connectivity index (χ4n) is 4.89. The van der Waals surface area contributed by atoms with Crippen molar-refractivity contribution in [2.24, 2.45) is 0 Å². The number of imidazole rings is 1. The molecular weight excluding hydrogens is 417 g/mol. The predicted octanol–water partition coefficient (Wildman–Crippen LogP) is 6.05. The number of ether oxygens (including phenoxy) is 1. The first-order valence-corrected chi connectivity index (χ1v) is 11.1. The summed E-state index contributed by atoms with van der Waals surface area (Å²) in [5.74, 6) is 0.606. The minimum Gasteiger partial charge on any atom is -0.383 e. The van der Waals surface area contributed by atoms with E-state index >= 15 is 0 Å². The molecule has 0 amide bonds. The van der Waals surface area contributed by atoms with Crippen molar-refractivity contribution < 1.29 is 13.9 Å². The van der Waals surface area contributed by atoms with Gasteiger partial charge in [-0.15, -0.1) is 0 Å². The number of fused-ring (bicyclic) bond motifs is 4. The minimum atomic E-state index is -0.200. The van der Waals surface area contributed by atoms with E-state index in [1.54, 1.807) is 13.2 Å². The molecule has 2 heterocycles. The van der Waals surface area contributed by atoms with Crippen molar-refractivity contribution in [2.75, 3.05) is 13.7 Å². The van der Waals surface area contributed by atoms with Gasteiger partial charge in [0, 0.05) is 47.6 Å². The largest absolute Gasteiger partial charge is 0.383 e. The van der Waals surface area contributed by atoms with E-state index in [4.69, 9.17) is 9.72 Å². The molecule has 0 aliphatic rings. The van der Waals surface area contributed by atoms with E-state index in [0.717, 1.165) is 56.1 Å². The molecule has 0 N–H and O–H groups in total. The highest BCUT2D eigenvalue weighted by atomic mass is 19.1. The monoisotopic (exact) mass is 443 g/mol. The molecule has 0 unspecified atom stereocenters. The zero-order chi connectivity index (χ0) is 23.3. The maximum Gasteiger partial charge on any atom is 0.150 e. The number of hydrogen-bond donors (Lipinski definition) is 0. The number of hydrogen-bond acceptors (Lipinski definition) is 3. The molecule has 3 aromatic carbocycles. The molecule has 0 atom stereocenters. The van der Waals surface area contributed by atoms with Crippen LogP contribution in [0.1, 0.15) is 28.4 Å². The highest BCUT2D eigenvalue weighted by molar-refractivity contribution is 6.09. The Bertz CT molecular complexity index is 1540. The average Bonchev–Trinajstić information content (AvgIpc) is 3.33. The number of aromatic nitrogens is 3. The van der Waals surface area contributed by atoms with E-state index in [-0.39, 0.29) is 5.82 Å². The number of aryl methyl sites for hydroxylation is 3. The predicted molar refractivity (Wildman–Crippen MR) is 131 cm³/mol. The lowest BCUT2D eigenvalue weighted by Gasteiger charge is -2.10. The normalized spacial score (nSPS) is 11.8. The molecule has 0 saturated heterocycles. The maximum absolute atomic E-state index is 14.9. The molecule has 0 radical (unpaired) electrons. The van der Waals surface area contributed by atoms with Gasteiger partial charge in [-0.25, -0.2) is 9.37 Å². The van der Waals surface area contributed by atoms with Crippen molar-refractivity contribution in [1.29, 1.82) is 0 Å². The third-order valence-electron chi connectivity index (χ3n) is 6.49. The van der Waals surface area contributed by atoms with Crippen molar-refractivity contribution >= 4 is 39.1 Å². The van der Waals surface area contributed by atoms with Gasteiger partial charge in [0.25, 0.3) is 0 Å². The van der Waals surface area contributed by atoms with Crippen LogP contribution in [0, 0.1) is 19.7 Å². The molecule has 5 rings (SSSR count). The Morgan fingerprint density at radius 2 is 1.82 bits per heavy atom. The Kier molecular flexibility index (Phi) is 5.25. The van der Waals surface area contributed by atoms with Crippen LogP contribution in [-0.2, 0) is 17.8 Å². The lowest BCUT2D eigenvalue weighted by molar-refractivity contribution is 0.112. The van der Waals surface area contributed by atoms with E-state index in [9.17, 15) is 9.18 Å². The molecule has 0 fully saturated rings. The zero-order valence-corrected chi connectivity index (χ0v) is 19.3. The van der Waals surface area contributed by atoms with Crippen LogP contribution in [0.2, 0.25) is 0 Å². The van der Waals surface area contributed by atoms with Gasteiger partial charge in [-0.2, -0.15) is 0 Å². The van der Waals surface area contributed by atoms with Crippen LogP contribution in [-0.4, -0.2) is 34.1 Å². The van der Waals surface area contributed by atoms with Crippen LogP contribution >= 0.6 is 0 Å². The summed E-state index contributed by atoms with van der Waals surface area (Å²) in [6, 6.07) is 13.6. The van der Waals surface area contributed by atoms with Gasteiger partial charge in [0.1, 0.15) is 17.9 Å². The van der Waals surface area contributed by atoms with E-state index < -0.39 is 0 Å². The van der Waals surface area contributed by atoms with Crippen molar-refractivity contribution in [1.82, 2.24) is 14.1 Å². The van der Waals surface area contributed by atoms with Crippen molar-refractivity contribution in [3.63, 3.8) is 0 Å². The van der Waals surface area contributed by atoms with Gasteiger partial charge in [0.15, 0.2) is 0 Å². The second kappa shape index (κ2) is 8.12. The Morgan fingerprint density at radius 1 is 1.03 bits per heavy atom. The molecule has 2 aromatic heterocycles. The van der Waals surface area contributed by atoms with E-state index in [2.05, 4.69) is 10.6 Å². The number of rotatable bonds is 6. The molecule has 0 saturated carbocycles. The quantitative estimate of drug-likeness (QED) is 0.300. The first-order chi connectivity index (χ1) is 16.0. The van der Waals surface area contributed by atoms with Gasteiger partial charge in [0.2, 0.25) is 0 Å². The highest BCUT2D eigenvalue weighted by Crippen LogP contribution is 2.35. The van der Waals surface area contributed by atoms with Gasteiger partial charge >= 0.3 is 0 Å². The number of carbonyl (C=O) groups is 1. The second-order valence-corrected chi connectivity index (χ2v) is 8.46. The zero-order valence-electron chi connectivity index (χ0n) is 19.3. The summed E-state index contributed by atoms with van der Waals surface area (Å²) in [7, 11) is 1.68. The average molecular weight is 444 g/mol. The SMILES string of the molecule is CCn1c2ccc(-c3nc4c(C)c(C=O)ccc4n3CCOC)cc2c2cc(C)cc(F)c21. The fraction of sp³-hybridized carbons (Fsp3) is 0.259. The maximum atomic E-state index is 14.9. The van der Waals surface area contributed by atoms with Crippen LogP contribution in [0.4, 0.5) is 4.39 Å². The summed E-state index contributed by atoms with van der Waals surface area (Å²) in [5.41, 5.74) is 6.74. The first-order valence-electron chi connectivity index (χ1n) is 11.1. The van der Waals surface area contributed by atoms with Gasteiger partial charge in [-0.1, -0.05) is 0 Å². The molecule has 0 bridgehead atoms. The van der Waals surface area contributed by atoms with Gasteiger partial charge < -0.3 is 13.9 Å². The lowest BCUT2D eigenvalue weighted by atomic mass is 10.1. The summed E-state index contributed by atoms with van der Waals surface area (Å²) >= 11 is 0. The van der Waals surface area contributed by atoms with Crippen LogP contribution in [0.25, 0.3) is 44.2 Å². The standard InChI is InChI=1S/C27H26FN3O2/c1-5-30-23-8-6-18(14-20(23)21-12-16(2)13-22(28)26(21)30)27-29-25-17(3)19(15-32)7-9-24(25)31(27)10-11-33-4/h6-9,12-15H,5,10-11H2,1-4H3. The van der Waals surface area contributed by atoms with E-state index in [0.29, 0.717) is 30.8 Å². The molecular formula is C27H26FN3O2. The number of halogens is 1. The third kappa shape index (κ3) is 3.25. The summed E-state index contributed by atoms with van der Waals surface area (Å²) in [4.78, 5) is 16.4. The van der Waals surface area contributed by atoms with Gasteiger partial charge in [-0.05, 0) is 74.4 Å². The summed E-state index contributed by atoms with van der Waals surface area (Å²) in [5, 5.41) is 1.91. The Morgan fingerprint density at radius 3 is 2.55 bits per heavy atom. The van der Waals surface area contributed by atoms with Crippen LogP contribution in [0.5, 0.6) is 0 Å². The molecule has 0 aliphatic heterocycles. The van der Waals surface area contributed by atoms with E-state index in [1.165, 1.54) is 0 Å². The topological polar surface area (TPSA) is 49.0 Å². The molecule has 6 heteroatoms. The number of benzene rings is 3. The number of carbonyl (C=O) groups excluding carboxylic acids is 1. The van der Waals surface area contributed by atoms with Crippen molar-refractivity contribution in [3.05, 3.63) is 65.0 Å². The van der Waals surface area contributed by atoms with E-state index in [1.807, 2.05) is 55.7 Å². The molecule has 5 aromatic rings. The lowest BCUT2D eigenvalue weighted by Crippen LogP contribution is -2.06. The van der Waals surface area contributed by atoms with Crippen LogP contribution < -0.4 is 0 Å². The highest BCUT2D eigenvalue weighted by Gasteiger charge is 2.19. The third-order valence-corrected chi connectivity index (χ3v) is 6.49. The number of nitrogens with zero attached hydrogens (tertiary/aromatic N) is 3. The Balaban J connectivity index is 1.81.